The molecule has 214 valence electrons. The third-order valence-electron chi connectivity index (χ3n) is 6.58. The van der Waals surface area contributed by atoms with Crippen molar-refractivity contribution in [3.05, 3.63) is 91.1 Å². The van der Waals surface area contributed by atoms with E-state index in [2.05, 4.69) is 10.2 Å². The van der Waals surface area contributed by atoms with Gasteiger partial charge < -0.3 is 29.1 Å². The zero-order chi connectivity index (χ0) is 29.7. The van der Waals surface area contributed by atoms with Crippen LogP contribution in [0.4, 0.5) is 0 Å². The van der Waals surface area contributed by atoms with Crippen molar-refractivity contribution in [2.24, 2.45) is 0 Å². The lowest BCUT2D eigenvalue weighted by molar-refractivity contribution is -0.763. The van der Waals surface area contributed by atoms with E-state index in [9.17, 15) is 24.5 Å². The van der Waals surface area contributed by atoms with Crippen molar-refractivity contribution >= 4 is 11.9 Å². The SMILES string of the molecule is COc1c(OC(=O)c2cccc(CO[N+](=O)[O-])c2)cc2c(c1OC)-c1ccc(OC)c(=O)cc1C(NC(C)=O)CC2. The second-order valence-electron chi connectivity index (χ2n) is 9.13. The number of esters is 1. The Bertz CT molecular complexity index is 1570. The number of hydrogen-bond donors (Lipinski definition) is 1. The average molecular weight is 565 g/mol. The van der Waals surface area contributed by atoms with E-state index in [4.69, 9.17) is 18.9 Å². The van der Waals surface area contributed by atoms with Crippen LogP contribution in [0.1, 0.15) is 46.4 Å². The summed E-state index contributed by atoms with van der Waals surface area (Å²) in [4.78, 5) is 53.0. The number of methoxy groups -OCH3 is 3. The van der Waals surface area contributed by atoms with Gasteiger partial charge in [0.05, 0.1) is 32.9 Å². The Morgan fingerprint density at radius 1 is 1.00 bits per heavy atom. The first-order valence-corrected chi connectivity index (χ1v) is 12.5. The molecule has 0 radical (unpaired) electrons. The third kappa shape index (κ3) is 6.21. The van der Waals surface area contributed by atoms with E-state index in [0.29, 0.717) is 35.1 Å². The van der Waals surface area contributed by atoms with E-state index in [1.165, 1.54) is 46.5 Å². The molecule has 1 unspecified atom stereocenters. The third-order valence-corrected chi connectivity index (χ3v) is 6.58. The van der Waals surface area contributed by atoms with Crippen LogP contribution in [0.15, 0.2) is 53.3 Å². The lowest BCUT2D eigenvalue weighted by atomic mass is 9.95. The number of carbonyl (C=O) groups is 2. The van der Waals surface area contributed by atoms with Gasteiger partial charge in [-0.2, -0.15) is 0 Å². The Kier molecular flexibility index (Phi) is 8.71. The zero-order valence-electron chi connectivity index (χ0n) is 22.8. The van der Waals surface area contributed by atoms with E-state index in [1.807, 2.05) is 0 Å². The van der Waals surface area contributed by atoms with Crippen LogP contribution in [0.25, 0.3) is 11.1 Å². The van der Waals surface area contributed by atoms with Crippen LogP contribution in [-0.4, -0.2) is 38.3 Å². The number of rotatable bonds is 9. The van der Waals surface area contributed by atoms with Crippen LogP contribution >= 0.6 is 0 Å². The van der Waals surface area contributed by atoms with Gasteiger partial charge in [-0.05, 0) is 65.4 Å². The van der Waals surface area contributed by atoms with Crippen molar-refractivity contribution in [1.29, 1.82) is 0 Å². The van der Waals surface area contributed by atoms with Crippen LogP contribution in [0.5, 0.6) is 23.0 Å². The fourth-order valence-corrected chi connectivity index (χ4v) is 4.86. The number of carbonyl (C=O) groups excluding carboxylic acids is 2. The largest absolute Gasteiger partial charge is 0.493 e. The summed E-state index contributed by atoms with van der Waals surface area (Å²) in [7, 11) is 4.25. The Hall–Kier alpha value is -5.13. The van der Waals surface area contributed by atoms with Crippen LogP contribution in [0.2, 0.25) is 0 Å². The summed E-state index contributed by atoms with van der Waals surface area (Å²) in [6.07, 6.45) is 0.870. The monoisotopic (exact) mass is 564 g/mol. The lowest BCUT2D eigenvalue weighted by Crippen LogP contribution is -2.26. The van der Waals surface area contributed by atoms with Gasteiger partial charge in [0.15, 0.2) is 17.2 Å². The minimum atomic E-state index is -0.916. The molecule has 41 heavy (non-hydrogen) atoms. The molecule has 0 bridgehead atoms. The van der Waals surface area contributed by atoms with Gasteiger partial charge in [-0.1, -0.05) is 18.2 Å². The summed E-state index contributed by atoms with van der Waals surface area (Å²) in [6.45, 7) is 1.07. The van der Waals surface area contributed by atoms with E-state index in [-0.39, 0.29) is 46.5 Å². The summed E-state index contributed by atoms with van der Waals surface area (Å²) in [5.74, 6) is -0.376. The molecule has 0 saturated carbocycles. The number of nitrogens with zero attached hydrogens (tertiary/aromatic N) is 1. The minimum Gasteiger partial charge on any atom is -0.493 e. The maximum atomic E-state index is 13.1. The summed E-state index contributed by atoms with van der Waals surface area (Å²) in [5.41, 5.74) is 2.73. The topological polar surface area (TPSA) is 153 Å². The molecule has 0 heterocycles. The van der Waals surface area contributed by atoms with E-state index >= 15 is 0 Å². The van der Waals surface area contributed by atoms with Gasteiger partial charge in [-0.25, -0.2) is 4.79 Å². The maximum absolute atomic E-state index is 13.1. The number of amides is 1. The smallest absolute Gasteiger partial charge is 0.343 e. The molecule has 0 aromatic heterocycles. The predicted molar refractivity (Wildman–Crippen MR) is 146 cm³/mol. The van der Waals surface area contributed by atoms with Crippen LogP contribution in [-0.2, 0) is 22.7 Å². The first-order chi connectivity index (χ1) is 19.7. The molecule has 1 N–H and O–H groups in total. The van der Waals surface area contributed by atoms with Gasteiger partial charge in [-0.15, -0.1) is 10.1 Å². The summed E-state index contributed by atoms with van der Waals surface area (Å²) < 4.78 is 22.4. The second kappa shape index (κ2) is 12.4. The average Bonchev–Trinajstić information content (AvgIpc) is 3.19. The molecule has 0 aliphatic heterocycles. The molecule has 1 aliphatic carbocycles. The number of fused-ring (bicyclic) bond motifs is 3. The normalized spacial score (nSPS) is 13.5. The number of benzene rings is 2. The van der Waals surface area contributed by atoms with Crippen molar-refractivity contribution in [2.75, 3.05) is 21.3 Å². The molecule has 12 nitrogen and oxygen atoms in total. The zero-order valence-corrected chi connectivity index (χ0v) is 22.8. The molecular formula is C29H28N2O10. The predicted octanol–water partition coefficient (Wildman–Crippen LogP) is 3.79. The molecule has 1 atom stereocenters. The van der Waals surface area contributed by atoms with Gasteiger partial charge in [0.1, 0.15) is 6.61 Å². The summed E-state index contributed by atoms with van der Waals surface area (Å²) in [6, 6.07) is 12.0. The number of ether oxygens (including phenoxy) is 4. The Balaban J connectivity index is 1.84. The number of nitrogens with one attached hydrogen (secondary N) is 1. The Morgan fingerprint density at radius 2 is 1.76 bits per heavy atom. The number of aryl methyl sites for hydroxylation is 1. The highest BCUT2D eigenvalue weighted by Crippen LogP contribution is 2.50. The molecule has 1 amide bonds. The first-order valence-electron chi connectivity index (χ1n) is 12.5. The molecule has 12 heteroatoms. The molecule has 0 fully saturated rings. The van der Waals surface area contributed by atoms with Gasteiger partial charge >= 0.3 is 5.97 Å². The highest BCUT2D eigenvalue weighted by atomic mass is 16.9. The van der Waals surface area contributed by atoms with Crippen molar-refractivity contribution in [3.8, 4) is 34.1 Å². The fourth-order valence-electron chi connectivity index (χ4n) is 4.86. The van der Waals surface area contributed by atoms with Gasteiger partial charge in [0.2, 0.25) is 17.1 Å². The van der Waals surface area contributed by atoms with Crippen molar-refractivity contribution < 1.29 is 38.5 Å². The van der Waals surface area contributed by atoms with Crippen LogP contribution in [0, 0.1) is 10.1 Å². The van der Waals surface area contributed by atoms with Crippen molar-refractivity contribution in [3.63, 3.8) is 0 Å². The van der Waals surface area contributed by atoms with Gasteiger partial charge in [0.25, 0.3) is 5.09 Å². The first kappa shape index (κ1) is 28.9. The van der Waals surface area contributed by atoms with Gasteiger partial charge in [-0.3, -0.25) is 9.59 Å². The van der Waals surface area contributed by atoms with E-state index in [1.54, 1.807) is 30.3 Å². The summed E-state index contributed by atoms with van der Waals surface area (Å²) >= 11 is 0. The molecule has 4 rings (SSSR count). The van der Waals surface area contributed by atoms with E-state index < -0.39 is 17.1 Å². The Labute approximate surface area is 234 Å². The highest BCUT2D eigenvalue weighted by Gasteiger charge is 2.30. The van der Waals surface area contributed by atoms with Crippen LogP contribution < -0.4 is 29.7 Å². The summed E-state index contributed by atoms with van der Waals surface area (Å²) in [5, 5.41) is 12.5. The highest BCUT2D eigenvalue weighted by molar-refractivity contribution is 5.92. The van der Waals surface area contributed by atoms with Crippen molar-refractivity contribution in [2.45, 2.75) is 32.4 Å². The Morgan fingerprint density at radius 3 is 2.41 bits per heavy atom. The van der Waals surface area contributed by atoms with Crippen LogP contribution in [0.3, 0.4) is 0 Å². The maximum Gasteiger partial charge on any atom is 0.343 e. The molecular weight excluding hydrogens is 536 g/mol. The van der Waals surface area contributed by atoms with Gasteiger partial charge in [0, 0.05) is 12.5 Å². The minimum absolute atomic E-state index is 0.0852. The second-order valence-corrected chi connectivity index (χ2v) is 9.13. The molecule has 3 aromatic rings. The molecule has 0 spiro atoms. The molecule has 1 aliphatic rings. The quantitative estimate of drug-likeness (QED) is 0.176. The number of hydrogen-bond acceptors (Lipinski definition) is 10. The fraction of sp³-hybridized carbons (Fsp3) is 0.276. The van der Waals surface area contributed by atoms with E-state index in [0.717, 1.165) is 5.56 Å². The standard InChI is InChI=1S/C29H28N2O10/c1-16(32)30-22-10-8-18-13-25(41-29(34)19-7-5-6-17(12-19)15-40-31(35)36)27(38-3)28(39-4)26(18)20-9-11-24(37-2)23(33)14-21(20)22/h5-7,9,11-14,22H,8,10,15H2,1-4H3,(H,30,32). The molecule has 3 aromatic carbocycles. The lowest BCUT2D eigenvalue weighted by Gasteiger charge is -2.20. The van der Waals surface area contributed by atoms with Crippen molar-refractivity contribution in [1.82, 2.24) is 5.32 Å². The molecule has 0 saturated heterocycles.